The molecule has 4 rings (SSSR count). The fourth-order valence-corrected chi connectivity index (χ4v) is 3.21. The van der Waals surface area contributed by atoms with Crippen LogP contribution in [0.2, 0.25) is 0 Å². The Labute approximate surface area is 159 Å². The Balaban J connectivity index is 1.54. The molecule has 0 atom stereocenters. The monoisotopic (exact) mass is 376 g/mol. The van der Waals surface area contributed by atoms with Crippen molar-refractivity contribution < 1.29 is 4.79 Å². The number of hydrogen-bond acceptors (Lipinski definition) is 6. The number of nitrogens with zero attached hydrogens (tertiary/aromatic N) is 5. The van der Waals surface area contributed by atoms with E-state index in [0.29, 0.717) is 17.1 Å². The molecule has 1 amide bonds. The zero-order chi connectivity index (χ0) is 18.8. The molecule has 1 N–H and O–H groups in total. The minimum absolute atomic E-state index is 0.296. The third kappa shape index (κ3) is 3.47. The van der Waals surface area contributed by atoms with Crippen molar-refractivity contribution in [2.45, 2.75) is 13.8 Å². The Morgan fingerprint density at radius 3 is 2.59 bits per heavy atom. The van der Waals surface area contributed by atoms with Crippen LogP contribution in [-0.2, 0) is 0 Å². The van der Waals surface area contributed by atoms with E-state index in [1.165, 1.54) is 11.5 Å². The molecule has 0 spiro atoms. The average molecular weight is 376 g/mol. The fraction of sp³-hybridized carbons (Fsp3) is 0.105. The summed E-state index contributed by atoms with van der Waals surface area (Å²) in [5.74, 6) is -0.297. The quantitative estimate of drug-likeness (QED) is 0.587. The summed E-state index contributed by atoms with van der Waals surface area (Å²) in [4.78, 5) is 12.6. The van der Waals surface area contributed by atoms with E-state index in [9.17, 15) is 4.79 Å². The van der Waals surface area contributed by atoms with Crippen molar-refractivity contribution in [2.75, 3.05) is 5.32 Å². The Kier molecular flexibility index (Phi) is 4.47. The zero-order valence-corrected chi connectivity index (χ0v) is 15.6. The van der Waals surface area contributed by atoms with E-state index in [-0.39, 0.29) is 5.91 Å². The number of rotatable bonds is 4. The van der Waals surface area contributed by atoms with E-state index in [1.54, 1.807) is 4.68 Å². The van der Waals surface area contributed by atoms with Gasteiger partial charge in [0.05, 0.1) is 11.4 Å². The topological polar surface area (TPSA) is 85.6 Å². The number of carbonyl (C=O) groups is 1. The molecule has 8 heteroatoms. The molecule has 2 aromatic heterocycles. The molecule has 2 heterocycles. The van der Waals surface area contributed by atoms with Gasteiger partial charge in [0, 0.05) is 16.6 Å². The number of anilines is 1. The van der Waals surface area contributed by atoms with Crippen molar-refractivity contribution in [3.63, 3.8) is 0 Å². The van der Waals surface area contributed by atoms with Gasteiger partial charge in [-0.1, -0.05) is 34.0 Å². The van der Waals surface area contributed by atoms with Gasteiger partial charge in [-0.05, 0) is 55.2 Å². The molecular formula is C19H16N6OS. The minimum Gasteiger partial charge on any atom is -0.321 e. The number of aryl methyl sites for hydroxylation is 1. The standard InChI is InChI=1S/C19H16N6OS/c1-12-4-3-5-16(10-12)25-13(2)18(22-23-25)19(26)20-15-8-6-14(7-9-15)17-11-27-24-21-17/h3-11H,1-2H3,(H,20,26). The van der Waals surface area contributed by atoms with Crippen LogP contribution in [0.15, 0.2) is 53.9 Å². The second-order valence-electron chi connectivity index (χ2n) is 6.10. The lowest BCUT2D eigenvalue weighted by atomic mass is 10.1. The summed E-state index contributed by atoms with van der Waals surface area (Å²) in [6, 6.07) is 15.3. The summed E-state index contributed by atoms with van der Waals surface area (Å²) >= 11 is 1.30. The third-order valence-corrected chi connectivity index (χ3v) is 4.66. The maximum Gasteiger partial charge on any atom is 0.278 e. The highest BCUT2D eigenvalue weighted by molar-refractivity contribution is 7.03. The van der Waals surface area contributed by atoms with Gasteiger partial charge in [-0.25, -0.2) is 4.68 Å². The number of aromatic nitrogens is 5. The van der Waals surface area contributed by atoms with Crippen LogP contribution >= 0.6 is 11.5 Å². The highest BCUT2D eigenvalue weighted by Crippen LogP contribution is 2.21. The van der Waals surface area contributed by atoms with Crippen molar-refractivity contribution in [1.82, 2.24) is 24.6 Å². The van der Waals surface area contributed by atoms with Crippen LogP contribution in [0.3, 0.4) is 0 Å². The lowest BCUT2D eigenvalue weighted by Crippen LogP contribution is -2.14. The molecule has 134 valence electrons. The van der Waals surface area contributed by atoms with Gasteiger partial charge >= 0.3 is 0 Å². The van der Waals surface area contributed by atoms with E-state index in [2.05, 4.69) is 25.2 Å². The van der Waals surface area contributed by atoms with Crippen LogP contribution in [0.4, 0.5) is 5.69 Å². The molecule has 0 fully saturated rings. The second kappa shape index (κ2) is 7.08. The molecular weight excluding hydrogens is 360 g/mol. The van der Waals surface area contributed by atoms with Gasteiger partial charge in [0.25, 0.3) is 5.91 Å². The van der Waals surface area contributed by atoms with Gasteiger partial charge in [-0.2, -0.15) is 0 Å². The lowest BCUT2D eigenvalue weighted by Gasteiger charge is -2.06. The van der Waals surface area contributed by atoms with Gasteiger partial charge in [-0.3, -0.25) is 4.79 Å². The minimum atomic E-state index is -0.297. The molecule has 0 saturated heterocycles. The van der Waals surface area contributed by atoms with E-state index in [1.807, 2.05) is 67.8 Å². The van der Waals surface area contributed by atoms with E-state index < -0.39 is 0 Å². The van der Waals surface area contributed by atoms with Crippen LogP contribution in [0.1, 0.15) is 21.7 Å². The first kappa shape index (κ1) is 17.0. The third-order valence-electron chi connectivity index (χ3n) is 4.15. The predicted octanol–water partition coefficient (Wildman–Crippen LogP) is 3.65. The summed E-state index contributed by atoms with van der Waals surface area (Å²) in [6.45, 7) is 3.84. The molecule has 2 aromatic carbocycles. The molecule has 0 radical (unpaired) electrons. The predicted molar refractivity (Wildman–Crippen MR) is 104 cm³/mol. The average Bonchev–Trinajstić information content (AvgIpc) is 3.32. The number of carbonyl (C=O) groups excluding carboxylic acids is 1. The van der Waals surface area contributed by atoms with Crippen LogP contribution in [0.5, 0.6) is 0 Å². The molecule has 7 nitrogen and oxygen atoms in total. The van der Waals surface area contributed by atoms with Gasteiger partial charge in [0.15, 0.2) is 5.69 Å². The van der Waals surface area contributed by atoms with Crippen molar-refractivity contribution >= 4 is 23.1 Å². The van der Waals surface area contributed by atoms with Crippen LogP contribution < -0.4 is 5.32 Å². The van der Waals surface area contributed by atoms with Crippen molar-refractivity contribution in [3.8, 4) is 16.9 Å². The number of amides is 1. The molecule has 0 aliphatic rings. The Bertz CT molecular complexity index is 1090. The largest absolute Gasteiger partial charge is 0.321 e. The Morgan fingerprint density at radius 1 is 1.07 bits per heavy atom. The molecule has 0 bridgehead atoms. The van der Waals surface area contributed by atoms with Crippen LogP contribution in [-0.4, -0.2) is 30.5 Å². The van der Waals surface area contributed by atoms with Crippen molar-refractivity contribution in [1.29, 1.82) is 0 Å². The Morgan fingerprint density at radius 2 is 1.89 bits per heavy atom. The van der Waals surface area contributed by atoms with Crippen LogP contribution in [0.25, 0.3) is 16.9 Å². The SMILES string of the molecule is Cc1cccc(-n2nnc(C(=O)Nc3ccc(-c4csnn4)cc3)c2C)c1. The summed E-state index contributed by atoms with van der Waals surface area (Å²) < 4.78 is 5.52. The first-order valence-corrected chi connectivity index (χ1v) is 9.13. The maximum atomic E-state index is 12.6. The summed E-state index contributed by atoms with van der Waals surface area (Å²) in [7, 11) is 0. The van der Waals surface area contributed by atoms with Crippen molar-refractivity contribution in [3.05, 3.63) is 70.9 Å². The molecule has 0 unspecified atom stereocenters. The highest BCUT2D eigenvalue weighted by atomic mass is 32.1. The molecule has 0 saturated carbocycles. The van der Waals surface area contributed by atoms with Crippen molar-refractivity contribution in [2.24, 2.45) is 0 Å². The van der Waals surface area contributed by atoms with Gasteiger partial charge in [0.1, 0.15) is 5.69 Å². The smallest absolute Gasteiger partial charge is 0.278 e. The molecule has 0 aliphatic heterocycles. The van der Waals surface area contributed by atoms with Gasteiger partial charge < -0.3 is 5.32 Å². The summed E-state index contributed by atoms with van der Waals surface area (Å²) in [5.41, 5.74) is 5.41. The van der Waals surface area contributed by atoms with E-state index in [0.717, 1.165) is 22.5 Å². The first-order chi connectivity index (χ1) is 13.1. The summed E-state index contributed by atoms with van der Waals surface area (Å²) in [6.07, 6.45) is 0. The lowest BCUT2D eigenvalue weighted by molar-refractivity contribution is 0.102. The number of nitrogens with one attached hydrogen (secondary N) is 1. The first-order valence-electron chi connectivity index (χ1n) is 8.30. The normalized spacial score (nSPS) is 10.7. The molecule has 27 heavy (non-hydrogen) atoms. The Hall–Kier alpha value is -3.39. The highest BCUT2D eigenvalue weighted by Gasteiger charge is 2.17. The fourth-order valence-electron chi connectivity index (χ4n) is 2.75. The maximum absolute atomic E-state index is 12.6. The van der Waals surface area contributed by atoms with E-state index in [4.69, 9.17) is 0 Å². The summed E-state index contributed by atoms with van der Waals surface area (Å²) in [5, 5.41) is 17.0. The zero-order valence-electron chi connectivity index (χ0n) is 14.7. The van der Waals surface area contributed by atoms with Crippen LogP contribution in [0, 0.1) is 13.8 Å². The molecule has 4 aromatic rings. The number of hydrogen-bond donors (Lipinski definition) is 1. The van der Waals surface area contributed by atoms with Gasteiger partial charge in [-0.15, -0.1) is 10.2 Å². The second-order valence-corrected chi connectivity index (χ2v) is 6.71. The molecule has 0 aliphatic carbocycles. The number of benzene rings is 2. The van der Waals surface area contributed by atoms with E-state index >= 15 is 0 Å². The van der Waals surface area contributed by atoms with Gasteiger partial charge in [0.2, 0.25) is 0 Å².